The Morgan fingerprint density at radius 2 is 1.65 bits per heavy atom. The van der Waals surface area contributed by atoms with Crippen molar-refractivity contribution in [2.24, 2.45) is 0 Å². The monoisotopic (exact) mass is 1060 g/mol. The average molecular weight is 1060 g/mol. The lowest BCUT2D eigenvalue weighted by molar-refractivity contribution is -0.146. The quantitative estimate of drug-likeness (QED) is 0.0693. The number of aromatic nitrogens is 1. The van der Waals surface area contributed by atoms with Crippen LogP contribution in [0.5, 0.6) is 11.5 Å². The van der Waals surface area contributed by atoms with Crippen molar-refractivity contribution in [1.29, 1.82) is 0 Å². The van der Waals surface area contributed by atoms with Crippen LogP contribution in [-0.4, -0.2) is 163 Å². The van der Waals surface area contributed by atoms with E-state index in [1.165, 1.54) is 25.3 Å². The maximum atomic E-state index is 12.5. The van der Waals surface area contributed by atoms with Crippen LogP contribution < -0.4 is 35.0 Å². The zero-order valence-corrected chi connectivity index (χ0v) is 42.5. The summed E-state index contributed by atoms with van der Waals surface area (Å²) in [6, 6.07) is 23.1. The van der Waals surface area contributed by atoms with Gasteiger partial charge in [0.1, 0.15) is 36.1 Å². The van der Waals surface area contributed by atoms with E-state index in [2.05, 4.69) is 25.7 Å². The standard InChI is InChI=1S/C23H28ClN3O5S.C18H19N3O3S.C8H17NO5/c1-32-21-12-9-17(24)15-20(21)22(28)25-14-13-16-7-10-19(11-8-16)33(30,31)27-23(29)26-18-5-3-2-4-6-18;1-21(16-4-2-3-9-19-16)10-11-24-14-7-5-13(6-8-14)12-15-17(22)20-18(23)25-15;10-2-1-9-3-6(12)8(14)7(13)5(9)4-11/h7-12,15,18H,2-6,13-14H2,1H3,(H,25,28)(H2,26,27,29);2-9,15H,10-12H2,1H3,(H,20,22,23);5-8,10-14H,1-4H2/t;;5-,6+,7-,8-/m..1/s1. The lowest BCUT2D eigenvalue weighted by Crippen LogP contribution is -2.62. The first kappa shape index (κ1) is 57.3. The van der Waals surface area contributed by atoms with Gasteiger partial charge in [-0.1, -0.05) is 73.0 Å². The molecule has 3 aliphatic rings. The smallest absolute Gasteiger partial charge is 0.328 e. The van der Waals surface area contributed by atoms with Gasteiger partial charge in [-0.05, 0) is 91.4 Å². The Hall–Kier alpha value is -5.56. The van der Waals surface area contributed by atoms with Crippen molar-refractivity contribution in [3.8, 4) is 11.5 Å². The van der Waals surface area contributed by atoms with E-state index in [-0.39, 0.29) is 59.5 Å². The molecule has 5 atom stereocenters. The number of aliphatic hydroxyl groups excluding tert-OH is 5. The number of rotatable bonds is 18. The largest absolute Gasteiger partial charge is 0.496 e. The van der Waals surface area contributed by atoms with Gasteiger partial charge in [0.05, 0.1) is 54.7 Å². The molecular formula is C49H64ClN7O13S2. The van der Waals surface area contributed by atoms with Crippen LogP contribution >= 0.6 is 23.4 Å². The highest BCUT2D eigenvalue weighted by Gasteiger charge is 2.40. The summed E-state index contributed by atoms with van der Waals surface area (Å²) in [6.07, 6.45) is 4.27. The first-order chi connectivity index (χ1) is 34.5. The molecule has 1 unspecified atom stereocenters. The second-order valence-corrected chi connectivity index (χ2v) is 20.4. The molecule has 9 N–H and O–H groups in total. The van der Waals surface area contributed by atoms with Gasteiger partial charge in [-0.2, -0.15) is 0 Å². The molecule has 3 fully saturated rings. The van der Waals surface area contributed by atoms with Gasteiger partial charge in [-0.3, -0.25) is 24.6 Å². The van der Waals surface area contributed by atoms with Crippen LogP contribution in [0.25, 0.3) is 0 Å². The Kier molecular flexibility index (Phi) is 22.8. The van der Waals surface area contributed by atoms with E-state index in [9.17, 15) is 42.9 Å². The minimum Gasteiger partial charge on any atom is -0.496 e. The van der Waals surface area contributed by atoms with Crippen molar-refractivity contribution in [1.82, 2.24) is 30.6 Å². The predicted octanol–water partition coefficient (Wildman–Crippen LogP) is 2.87. The van der Waals surface area contributed by atoms with E-state index in [1.54, 1.807) is 35.4 Å². The van der Waals surface area contributed by atoms with Gasteiger partial charge in [0.25, 0.3) is 21.2 Å². The number of likely N-dealkylation sites (N-methyl/N-ethyl adjacent to an activating group) is 1. The van der Waals surface area contributed by atoms with Gasteiger partial charge in [0, 0.05) is 43.9 Å². The van der Waals surface area contributed by atoms with E-state index >= 15 is 0 Å². The SMILES string of the molecule is CN(CCOc1ccc(CC2SC(=O)NC2=O)cc1)c1ccccn1.COc1ccc(Cl)cc1C(=O)NCCc1ccc(S(=O)(=O)NC(=O)NC2CCCCC2)cc1.OCCN1C[C@H](O)[C@@H](O)[C@H](O)[C@H]1CO. The fourth-order valence-corrected chi connectivity index (χ4v) is 9.92. The summed E-state index contributed by atoms with van der Waals surface area (Å²) in [5.41, 5.74) is 2.17. The third-order valence-electron chi connectivity index (χ3n) is 12.0. The third kappa shape index (κ3) is 17.6. The van der Waals surface area contributed by atoms with Crippen LogP contribution in [0.4, 0.5) is 15.4 Å². The topological polar surface area (TPSA) is 290 Å². The summed E-state index contributed by atoms with van der Waals surface area (Å²) in [6.45, 7) is 1.57. The zero-order chi connectivity index (χ0) is 52.2. The number of halogens is 1. The molecule has 23 heteroatoms. The Morgan fingerprint density at radius 3 is 2.28 bits per heavy atom. The maximum Gasteiger partial charge on any atom is 0.328 e. The van der Waals surface area contributed by atoms with Crippen molar-refractivity contribution >= 4 is 62.3 Å². The number of aliphatic hydroxyl groups is 5. The first-order valence-electron chi connectivity index (χ1n) is 23.4. The Balaban J connectivity index is 0.000000217. The Bertz CT molecular complexity index is 2480. The molecule has 5 amide bonds. The van der Waals surface area contributed by atoms with Crippen LogP contribution in [0, 0.1) is 0 Å². The molecule has 2 aliphatic heterocycles. The average Bonchev–Trinajstić information content (AvgIpc) is 3.69. The van der Waals surface area contributed by atoms with E-state index in [0.717, 1.165) is 73.1 Å². The molecule has 3 heterocycles. The number of carbonyl (C=O) groups excluding carboxylic acids is 4. The molecule has 0 radical (unpaired) electrons. The number of hydrogen-bond donors (Lipinski definition) is 9. The van der Waals surface area contributed by atoms with Crippen LogP contribution in [0.1, 0.15) is 53.6 Å². The zero-order valence-electron chi connectivity index (χ0n) is 40.1. The van der Waals surface area contributed by atoms with Gasteiger partial charge in [-0.15, -0.1) is 0 Å². The second kappa shape index (κ2) is 28.6. The maximum absolute atomic E-state index is 12.5. The van der Waals surface area contributed by atoms with E-state index in [0.29, 0.717) is 42.3 Å². The van der Waals surface area contributed by atoms with Crippen molar-refractivity contribution in [2.75, 3.05) is 65.1 Å². The van der Waals surface area contributed by atoms with Crippen LogP contribution in [-0.2, 0) is 27.7 Å². The molecule has 1 aliphatic carbocycles. The van der Waals surface area contributed by atoms with Crippen molar-refractivity contribution in [3.05, 3.63) is 113 Å². The fourth-order valence-electron chi connectivity index (χ4n) is 7.97. The van der Waals surface area contributed by atoms with Crippen LogP contribution in [0.2, 0.25) is 5.02 Å². The number of methoxy groups -OCH3 is 1. The molecule has 1 aromatic heterocycles. The van der Waals surface area contributed by atoms with Crippen LogP contribution in [0.15, 0.2) is 96.0 Å². The molecule has 1 saturated carbocycles. The predicted molar refractivity (Wildman–Crippen MR) is 272 cm³/mol. The number of likely N-dealkylation sites (tertiary alicyclic amines) is 1. The highest BCUT2D eigenvalue weighted by molar-refractivity contribution is 8.15. The number of carbonyl (C=O) groups is 4. The first-order valence-corrected chi connectivity index (χ1v) is 26.1. The lowest BCUT2D eigenvalue weighted by atomic mass is 9.94. The molecule has 7 rings (SSSR count). The number of piperidine rings is 1. The number of nitrogens with one attached hydrogen (secondary N) is 4. The van der Waals surface area contributed by atoms with E-state index in [4.69, 9.17) is 31.3 Å². The number of benzene rings is 3. The molecule has 2 saturated heterocycles. The second-order valence-electron chi connectivity index (χ2n) is 17.1. The van der Waals surface area contributed by atoms with Crippen molar-refractivity contribution < 1.29 is 62.6 Å². The number of nitrogens with zero attached hydrogens (tertiary/aromatic N) is 3. The summed E-state index contributed by atoms with van der Waals surface area (Å²) in [5, 5.41) is 53.5. The molecule has 3 aromatic carbocycles. The van der Waals surface area contributed by atoms with E-state index < -0.39 is 40.4 Å². The summed E-state index contributed by atoms with van der Waals surface area (Å²) in [7, 11) is -0.518. The summed E-state index contributed by atoms with van der Waals surface area (Å²) < 4.78 is 38.0. The lowest BCUT2D eigenvalue weighted by Gasteiger charge is -2.42. The molecular weight excluding hydrogens is 994 g/mol. The minimum absolute atomic E-state index is 0.00209. The number of sulfonamides is 1. The Labute approximate surface area is 428 Å². The molecule has 0 bridgehead atoms. The number of imide groups is 1. The molecule has 0 spiro atoms. The van der Waals surface area contributed by atoms with Crippen molar-refractivity contribution in [2.45, 2.75) is 85.5 Å². The number of anilines is 1. The summed E-state index contributed by atoms with van der Waals surface area (Å²) >= 11 is 7.01. The molecule has 72 heavy (non-hydrogen) atoms. The molecule has 4 aromatic rings. The molecule has 392 valence electrons. The number of β-amino-alcohol motifs (C(OH)–C–C–N with tert-alkyl or cyclic N) is 2. The number of hydrogen-bond acceptors (Lipinski definition) is 17. The van der Waals surface area contributed by atoms with Gasteiger partial charge in [0.2, 0.25) is 5.91 Å². The number of ether oxygens (including phenoxy) is 2. The number of thioether (sulfide) groups is 1. The normalized spacial score (nSPS) is 20.1. The fraction of sp³-hybridized carbons (Fsp3) is 0.449. The number of amides is 5. The van der Waals surface area contributed by atoms with Gasteiger partial charge < -0.3 is 50.5 Å². The summed E-state index contributed by atoms with van der Waals surface area (Å²) in [5.74, 6) is 1.57. The van der Waals surface area contributed by atoms with Crippen molar-refractivity contribution in [3.63, 3.8) is 0 Å². The van der Waals surface area contributed by atoms with Gasteiger partial charge in [0.15, 0.2) is 0 Å². The summed E-state index contributed by atoms with van der Waals surface area (Å²) in [4.78, 5) is 55.2. The Morgan fingerprint density at radius 1 is 0.944 bits per heavy atom. The minimum atomic E-state index is -3.97. The highest BCUT2D eigenvalue weighted by Crippen LogP contribution is 2.25. The highest BCUT2D eigenvalue weighted by atomic mass is 35.5. The van der Waals surface area contributed by atoms with Gasteiger partial charge >= 0.3 is 6.03 Å². The van der Waals surface area contributed by atoms with E-state index in [1.807, 2.05) is 54.4 Å². The third-order valence-corrected chi connectivity index (χ3v) is 14.5. The van der Waals surface area contributed by atoms with Gasteiger partial charge in [-0.25, -0.2) is 22.9 Å². The molecule has 20 nitrogen and oxygen atoms in total. The van der Waals surface area contributed by atoms with Crippen LogP contribution in [0.3, 0.4) is 0 Å². The number of urea groups is 1. The number of pyridine rings is 1.